The minimum absolute atomic E-state index is 0.0664. The first-order valence-electron chi connectivity index (χ1n) is 5.19. The molecule has 18 heavy (non-hydrogen) atoms. The Kier molecular flexibility index (Phi) is 8.65. The van der Waals surface area contributed by atoms with Crippen molar-refractivity contribution in [1.29, 1.82) is 0 Å². The van der Waals surface area contributed by atoms with Crippen LogP contribution in [0.15, 0.2) is 41.8 Å². The molecule has 0 saturated carbocycles. The number of hydrogen-bond donors (Lipinski definition) is 0. The zero-order valence-electron chi connectivity index (χ0n) is 10.4. The fourth-order valence-electron chi connectivity index (χ4n) is 1.05. The van der Waals surface area contributed by atoms with Gasteiger partial charge in [0.1, 0.15) is 0 Å². The van der Waals surface area contributed by atoms with Crippen LogP contribution in [0.4, 0.5) is 0 Å². The maximum Gasteiger partial charge on any atom is 0.159 e. The van der Waals surface area contributed by atoms with E-state index in [2.05, 4.69) is 37.3 Å². The lowest BCUT2D eigenvalue weighted by molar-refractivity contribution is 0.101. The summed E-state index contributed by atoms with van der Waals surface area (Å²) in [7, 11) is 0. The summed E-state index contributed by atoms with van der Waals surface area (Å²) in [5.41, 5.74) is 0.699. The molecule has 0 fully saturated rings. The van der Waals surface area contributed by atoms with Crippen LogP contribution in [0, 0.1) is 19.8 Å². The van der Waals surface area contributed by atoms with Crippen molar-refractivity contribution in [2.45, 2.75) is 13.8 Å². The van der Waals surface area contributed by atoms with Gasteiger partial charge in [0.05, 0.1) is 0 Å². The van der Waals surface area contributed by atoms with Crippen molar-refractivity contribution in [1.82, 2.24) is 0 Å². The summed E-state index contributed by atoms with van der Waals surface area (Å²) in [6.07, 6.45) is 8.00. The number of rotatable bonds is 1. The molecule has 0 amide bonds. The van der Waals surface area contributed by atoms with Crippen LogP contribution in [0.25, 0.3) is 0 Å². The second kappa shape index (κ2) is 9.47. The van der Waals surface area contributed by atoms with Crippen LogP contribution < -0.4 is 0 Å². The number of carbonyl (C=O) groups excluding carboxylic acids is 1. The van der Waals surface area contributed by atoms with Gasteiger partial charge < -0.3 is 0 Å². The molecule has 0 aliphatic heterocycles. The van der Waals surface area contributed by atoms with E-state index in [4.69, 9.17) is 11.6 Å². The van der Waals surface area contributed by atoms with Crippen LogP contribution in [0.3, 0.4) is 0 Å². The topological polar surface area (TPSA) is 17.1 Å². The van der Waals surface area contributed by atoms with E-state index in [9.17, 15) is 4.79 Å². The van der Waals surface area contributed by atoms with E-state index < -0.39 is 0 Å². The molecule has 3 heteroatoms. The Hall–Kier alpha value is -1.56. The van der Waals surface area contributed by atoms with E-state index >= 15 is 0 Å². The standard InChI is InChI=1S/C8H7ClO.C5H6S.C2H2/c1-6(10)7-2-4-8(9)5-3-7;1-5-3-2-4-6-5;1-2/h2-5H,1H3;2-4H,1H3;1-2H. The third kappa shape index (κ3) is 6.90. The molecule has 1 aromatic carbocycles. The van der Waals surface area contributed by atoms with Crippen LogP contribution in [0.1, 0.15) is 22.2 Å². The number of ketones is 1. The molecule has 2 rings (SSSR count). The third-order valence-corrected chi connectivity index (χ3v) is 2.97. The Morgan fingerprint density at radius 1 is 1.17 bits per heavy atom. The smallest absolute Gasteiger partial charge is 0.159 e. The van der Waals surface area contributed by atoms with E-state index in [0.717, 1.165) is 0 Å². The van der Waals surface area contributed by atoms with Gasteiger partial charge in [0.25, 0.3) is 0 Å². The van der Waals surface area contributed by atoms with E-state index in [1.807, 2.05) is 0 Å². The molecule has 0 spiro atoms. The van der Waals surface area contributed by atoms with Crippen LogP contribution in [0.2, 0.25) is 5.02 Å². The highest BCUT2D eigenvalue weighted by molar-refractivity contribution is 7.09. The lowest BCUT2D eigenvalue weighted by Crippen LogP contribution is -1.89. The van der Waals surface area contributed by atoms with Crippen LogP contribution >= 0.6 is 22.9 Å². The Morgan fingerprint density at radius 3 is 2.00 bits per heavy atom. The highest BCUT2D eigenvalue weighted by Gasteiger charge is 1.95. The Balaban J connectivity index is 0.000000308. The predicted molar refractivity (Wildman–Crippen MR) is 80.4 cm³/mol. The Bertz CT molecular complexity index is 469. The van der Waals surface area contributed by atoms with Crippen molar-refractivity contribution >= 4 is 28.7 Å². The van der Waals surface area contributed by atoms with Gasteiger partial charge in [0, 0.05) is 15.5 Å². The van der Waals surface area contributed by atoms with Gasteiger partial charge in [0.15, 0.2) is 5.78 Å². The molecule has 0 aliphatic rings. The number of benzene rings is 1. The van der Waals surface area contributed by atoms with Crippen molar-refractivity contribution in [2.24, 2.45) is 0 Å². The van der Waals surface area contributed by atoms with Crippen molar-refractivity contribution in [2.75, 3.05) is 0 Å². The molecule has 1 heterocycles. The first-order chi connectivity index (χ1) is 8.59. The van der Waals surface area contributed by atoms with Gasteiger partial charge >= 0.3 is 0 Å². The minimum atomic E-state index is 0.0664. The number of thiophene rings is 1. The number of hydrogen-bond acceptors (Lipinski definition) is 2. The molecule has 0 saturated heterocycles. The fourth-order valence-corrected chi connectivity index (χ4v) is 1.70. The first kappa shape index (κ1) is 16.4. The van der Waals surface area contributed by atoms with Crippen molar-refractivity contribution in [3.05, 3.63) is 57.2 Å². The average molecular weight is 279 g/mol. The molecular formula is C15H15ClOS. The maximum absolute atomic E-state index is 10.7. The molecule has 2 aromatic rings. The first-order valence-corrected chi connectivity index (χ1v) is 6.45. The number of carbonyl (C=O) groups is 1. The van der Waals surface area contributed by atoms with Crippen molar-refractivity contribution in [3.8, 4) is 12.8 Å². The summed E-state index contributed by atoms with van der Waals surface area (Å²) in [4.78, 5) is 12.1. The van der Waals surface area contributed by atoms with Gasteiger partial charge in [0.2, 0.25) is 0 Å². The lowest BCUT2D eigenvalue weighted by Gasteiger charge is -1.92. The Labute approximate surface area is 117 Å². The molecule has 0 N–H and O–H groups in total. The molecule has 0 aliphatic carbocycles. The minimum Gasteiger partial charge on any atom is -0.295 e. The zero-order chi connectivity index (χ0) is 14.0. The van der Waals surface area contributed by atoms with Crippen molar-refractivity contribution in [3.63, 3.8) is 0 Å². The summed E-state index contributed by atoms with van der Waals surface area (Å²) in [5.74, 6) is 0.0664. The summed E-state index contributed by atoms with van der Waals surface area (Å²) in [5, 5.41) is 2.74. The number of aryl methyl sites for hydroxylation is 1. The molecule has 94 valence electrons. The van der Waals surface area contributed by atoms with Gasteiger partial charge in [-0.15, -0.1) is 24.2 Å². The van der Waals surface area contributed by atoms with E-state index in [-0.39, 0.29) is 5.78 Å². The molecule has 1 nitrogen and oxygen atoms in total. The highest BCUT2D eigenvalue weighted by atomic mass is 35.5. The summed E-state index contributed by atoms with van der Waals surface area (Å²) >= 11 is 7.38. The maximum atomic E-state index is 10.7. The van der Waals surface area contributed by atoms with Crippen LogP contribution in [-0.4, -0.2) is 5.78 Å². The molecule has 0 unspecified atom stereocenters. The van der Waals surface area contributed by atoms with E-state index in [1.165, 1.54) is 11.8 Å². The van der Waals surface area contributed by atoms with Crippen LogP contribution in [0.5, 0.6) is 0 Å². The fraction of sp³-hybridized carbons (Fsp3) is 0.133. The summed E-state index contributed by atoms with van der Waals surface area (Å²) in [6.45, 7) is 3.63. The second-order valence-corrected chi connectivity index (χ2v) is 4.88. The number of halogens is 1. The normalized spacial score (nSPS) is 8.28. The lowest BCUT2D eigenvalue weighted by atomic mass is 10.2. The van der Waals surface area contributed by atoms with Crippen LogP contribution in [-0.2, 0) is 0 Å². The highest BCUT2D eigenvalue weighted by Crippen LogP contribution is 2.09. The van der Waals surface area contributed by atoms with E-state index in [1.54, 1.807) is 35.6 Å². The molecule has 0 radical (unpaired) electrons. The summed E-state index contributed by atoms with van der Waals surface area (Å²) in [6, 6.07) is 11.0. The molecular weight excluding hydrogens is 264 g/mol. The predicted octanol–water partition coefficient (Wildman–Crippen LogP) is 4.85. The second-order valence-electron chi connectivity index (χ2n) is 3.29. The van der Waals surface area contributed by atoms with Crippen molar-refractivity contribution < 1.29 is 4.79 Å². The van der Waals surface area contributed by atoms with Gasteiger partial charge in [-0.3, -0.25) is 4.79 Å². The SMILES string of the molecule is C#C.CC(=O)c1ccc(Cl)cc1.Cc1cccs1. The van der Waals surface area contributed by atoms with Gasteiger partial charge in [-0.2, -0.15) is 0 Å². The third-order valence-electron chi connectivity index (χ3n) is 1.91. The quantitative estimate of drug-likeness (QED) is 0.538. The van der Waals surface area contributed by atoms with Gasteiger partial charge in [-0.05, 0) is 49.6 Å². The summed E-state index contributed by atoms with van der Waals surface area (Å²) < 4.78 is 0. The number of Topliss-reactive ketones (excluding diaryl/α,β-unsaturated/α-hetero) is 1. The zero-order valence-corrected chi connectivity index (χ0v) is 12.0. The van der Waals surface area contributed by atoms with Gasteiger partial charge in [-0.1, -0.05) is 17.7 Å². The molecule has 0 bridgehead atoms. The molecule has 0 atom stereocenters. The van der Waals surface area contributed by atoms with Gasteiger partial charge in [-0.25, -0.2) is 0 Å². The Morgan fingerprint density at radius 2 is 1.72 bits per heavy atom. The molecule has 1 aromatic heterocycles. The largest absolute Gasteiger partial charge is 0.295 e. The van der Waals surface area contributed by atoms with E-state index in [0.29, 0.717) is 10.6 Å². The number of terminal acetylenes is 1. The average Bonchev–Trinajstić information content (AvgIpc) is 2.84. The monoisotopic (exact) mass is 278 g/mol.